The zero-order chi connectivity index (χ0) is 52.7. The number of hydrogen-bond acceptors (Lipinski definition) is 15. The van der Waals surface area contributed by atoms with Crippen LogP contribution in [0.4, 0.5) is 0 Å². The first-order chi connectivity index (χ1) is 34.2. The third kappa shape index (κ3) is 47.5. The molecule has 0 fully saturated rings. The van der Waals surface area contributed by atoms with Crippen molar-refractivity contribution in [3.8, 4) is 0 Å². The molecule has 0 rings (SSSR count). The van der Waals surface area contributed by atoms with Crippen LogP contribution in [0.25, 0.3) is 0 Å². The molecule has 17 nitrogen and oxygen atoms in total. The first-order valence-electron chi connectivity index (χ1n) is 27.8. The first-order valence-corrected chi connectivity index (χ1v) is 30.8. The lowest BCUT2D eigenvalue weighted by Crippen LogP contribution is -2.30. The maximum Gasteiger partial charge on any atom is 0.472 e. The van der Waals surface area contributed by atoms with Crippen molar-refractivity contribution in [1.29, 1.82) is 0 Å². The standard InChI is InChI=1S/C52H100O17P2/c1-5-9-13-17-19-20-21-22-23-24-25-27-31-35-39-52(57)69-48(43-63-50(55)37-33-30-26-18-14-10-6-2)45-67-71(60,61)65-41-46(53)40-64-70(58,59)66-44-47(68-51(56)38-34-29-16-12-8-4)42-62-49(54)36-32-28-15-11-7-3/h46-48,53H,5-45H2,1-4H3,(H,58,59)(H,60,61)/t46-,47+,48+/m0/s1. The van der Waals surface area contributed by atoms with E-state index in [4.69, 9.17) is 37.0 Å². The number of phosphoric ester groups is 2. The van der Waals surface area contributed by atoms with Gasteiger partial charge in [-0.25, -0.2) is 9.13 Å². The molecule has 0 saturated carbocycles. The van der Waals surface area contributed by atoms with Gasteiger partial charge in [-0.15, -0.1) is 0 Å². The van der Waals surface area contributed by atoms with Crippen molar-refractivity contribution in [2.45, 2.75) is 271 Å². The van der Waals surface area contributed by atoms with Gasteiger partial charge < -0.3 is 33.8 Å². The summed E-state index contributed by atoms with van der Waals surface area (Å²) in [4.78, 5) is 71.0. The molecule has 0 saturated heterocycles. The minimum atomic E-state index is -4.92. The van der Waals surface area contributed by atoms with Gasteiger partial charge in [0.2, 0.25) is 0 Å². The molecule has 0 aliphatic carbocycles. The minimum absolute atomic E-state index is 0.0989. The fraction of sp³-hybridized carbons (Fsp3) is 0.923. The molecule has 0 amide bonds. The number of aliphatic hydroxyl groups is 1. The predicted octanol–water partition coefficient (Wildman–Crippen LogP) is 13.3. The summed E-state index contributed by atoms with van der Waals surface area (Å²) < 4.78 is 67.0. The van der Waals surface area contributed by atoms with Gasteiger partial charge in [-0.05, 0) is 25.7 Å². The minimum Gasteiger partial charge on any atom is -0.462 e. The highest BCUT2D eigenvalue weighted by atomic mass is 31.2. The fourth-order valence-electron chi connectivity index (χ4n) is 7.51. The van der Waals surface area contributed by atoms with Gasteiger partial charge in [0.05, 0.1) is 26.4 Å². The number of phosphoric acid groups is 2. The molecule has 3 N–H and O–H groups in total. The Morgan fingerprint density at radius 2 is 0.563 bits per heavy atom. The van der Waals surface area contributed by atoms with Gasteiger partial charge in [-0.3, -0.25) is 37.3 Å². The predicted molar refractivity (Wildman–Crippen MR) is 275 cm³/mol. The SMILES string of the molecule is CCCCCCCCCCCCCCCCC(=O)O[C@H](COC(=O)CCCCCCCCC)COP(=O)(O)OC[C@@H](O)COP(=O)(O)OC[C@@H](COC(=O)CCCCCCC)OC(=O)CCCCCCC. The highest BCUT2D eigenvalue weighted by Crippen LogP contribution is 2.45. The van der Waals surface area contributed by atoms with E-state index in [1.807, 2.05) is 0 Å². The second kappa shape index (κ2) is 47.8. The van der Waals surface area contributed by atoms with Crippen molar-refractivity contribution in [2.24, 2.45) is 0 Å². The number of ether oxygens (including phenoxy) is 4. The van der Waals surface area contributed by atoms with Crippen LogP contribution >= 0.6 is 15.6 Å². The average Bonchev–Trinajstić information content (AvgIpc) is 3.34. The Balaban J connectivity index is 5.09. The molecular weight excluding hydrogens is 959 g/mol. The Labute approximate surface area is 428 Å². The highest BCUT2D eigenvalue weighted by molar-refractivity contribution is 7.47. The van der Waals surface area contributed by atoms with E-state index in [1.54, 1.807) is 0 Å². The maximum atomic E-state index is 12.8. The Morgan fingerprint density at radius 1 is 0.338 bits per heavy atom. The summed E-state index contributed by atoms with van der Waals surface area (Å²) in [5.74, 6) is -2.18. The van der Waals surface area contributed by atoms with Gasteiger partial charge in [0, 0.05) is 25.7 Å². The molecule has 0 radical (unpaired) electrons. The molecular formula is C52H100O17P2. The van der Waals surface area contributed by atoms with Gasteiger partial charge in [0.15, 0.2) is 12.2 Å². The summed E-state index contributed by atoms with van der Waals surface area (Å²) in [6.07, 6.45) is 28.8. The Morgan fingerprint density at radius 3 is 0.831 bits per heavy atom. The van der Waals surface area contributed by atoms with Crippen LogP contribution in [-0.2, 0) is 65.4 Å². The number of hydrogen-bond donors (Lipinski definition) is 3. The van der Waals surface area contributed by atoms with Gasteiger partial charge >= 0.3 is 39.5 Å². The van der Waals surface area contributed by atoms with Crippen LogP contribution in [-0.4, -0.2) is 96.7 Å². The summed E-state index contributed by atoms with van der Waals surface area (Å²) in [6.45, 7) is 4.58. The summed E-state index contributed by atoms with van der Waals surface area (Å²) in [5.41, 5.74) is 0. The molecule has 0 aromatic heterocycles. The van der Waals surface area contributed by atoms with E-state index in [-0.39, 0.29) is 25.7 Å². The van der Waals surface area contributed by atoms with Gasteiger partial charge in [0.25, 0.3) is 0 Å². The zero-order valence-electron chi connectivity index (χ0n) is 44.7. The summed E-state index contributed by atoms with van der Waals surface area (Å²) in [7, 11) is -9.84. The van der Waals surface area contributed by atoms with Crippen LogP contribution in [0.2, 0.25) is 0 Å². The molecule has 0 aliphatic rings. The van der Waals surface area contributed by atoms with Crippen LogP contribution in [0.3, 0.4) is 0 Å². The highest BCUT2D eigenvalue weighted by Gasteiger charge is 2.30. The van der Waals surface area contributed by atoms with Crippen LogP contribution in [0.5, 0.6) is 0 Å². The molecule has 420 valence electrons. The smallest absolute Gasteiger partial charge is 0.462 e. The van der Waals surface area contributed by atoms with Crippen molar-refractivity contribution in [3.05, 3.63) is 0 Å². The molecule has 5 atom stereocenters. The molecule has 0 aliphatic heterocycles. The zero-order valence-corrected chi connectivity index (χ0v) is 46.5. The number of carbonyl (C=O) groups is 4. The molecule has 0 aromatic carbocycles. The van der Waals surface area contributed by atoms with Gasteiger partial charge in [-0.2, -0.15) is 0 Å². The van der Waals surface area contributed by atoms with Gasteiger partial charge in [0.1, 0.15) is 19.3 Å². The topological polar surface area (TPSA) is 237 Å². The molecule has 71 heavy (non-hydrogen) atoms. The fourth-order valence-corrected chi connectivity index (χ4v) is 9.09. The lowest BCUT2D eigenvalue weighted by molar-refractivity contribution is -0.161. The summed E-state index contributed by atoms with van der Waals surface area (Å²) in [6, 6.07) is 0. The maximum absolute atomic E-state index is 12.8. The summed E-state index contributed by atoms with van der Waals surface area (Å²) in [5, 5.41) is 10.4. The van der Waals surface area contributed by atoms with Gasteiger partial charge in [-0.1, -0.05) is 201 Å². The monoisotopic (exact) mass is 1060 g/mol. The average molecular weight is 1060 g/mol. The molecule has 0 aromatic rings. The number of rotatable bonds is 53. The van der Waals surface area contributed by atoms with Crippen LogP contribution in [0.1, 0.15) is 252 Å². The number of unbranched alkanes of at least 4 members (excludes halogenated alkanes) is 27. The van der Waals surface area contributed by atoms with Crippen molar-refractivity contribution >= 4 is 39.5 Å². The number of aliphatic hydroxyl groups excluding tert-OH is 1. The normalized spacial score (nSPS) is 14.5. The third-order valence-corrected chi connectivity index (χ3v) is 13.8. The first kappa shape index (κ1) is 69.1. The van der Waals surface area contributed by atoms with Crippen molar-refractivity contribution in [2.75, 3.05) is 39.6 Å². The van der Waals surface area contributed by atoms with E-state index in [2.05, 4.69) is 27.7 Å². The second-order valence-corrected chi connectivity index (χ2v) is 21.8. The van der Waals surface area contributed by atoms with E-state index in [0.717, 1.165) is 109 Å². The number of carbonyl (C=O) groups excluding carboxylic acids is 4. The Bertz CT molecular complexity index is 1400. The third-order valence-electron chi connectivity index (χ3n) is 11.9. The lowest BCUT2D eigenvalue weighted by Gasteiger charge is -2.21. The largest absolute Gasteiger partial charge is 0.472 e. The van der Waals surface area contributed by atoms with Crippen LogP contribution < -0.4 is 0 Å². The molecule has 0 spiro atoms. The van der Waals surface area contributed by atoms with Crippen LogP contribution in [0, 0.1) is 0 Å². The quantitative estimate of drug-likeness (QED) is 0.0222. The molecule has 0 bridgehead atoms. The Kier molecular flexibility index (Phi) is 46.4. The molecule has 19 heteroatoms. The van der Waals surface area contributed by atoms with Crippen molar-refractivity contribution in [1.82, 2.24) is 0 Å². The second-order valence-electron chi connectivity index (χ2n) is 18.9. The van der Waals surface area contributed by atoms with E-state index in [1.165, 1.54) is 64.2 Å². The van der Waals surface area contributed by atoms with E-state index in [0.29, 0.717) is 25.7 Å². The summed E-state index contributed by atoms with van der Waals surface area (Å²) >= 11 is 0. The van der Waals surface area contributed by atoms with Crippen LogP contribution in [0.15, 0.2) is 0 Å². The number of esters is 4. The van der Waals surface area contributed by atoms with Crippen molar-refractivity contribution < 1.29 is 80.2 Å². The van der Waals surface area contributed by atoms with E-state index >= 15 is 0 Å². The Hall–Kier alpha value is -1.94. The van der Waals surface area contributed by atoms with Crippen molar-refractivity contribution in [3.63, 3.8) is 0 Å². The van der Waals surface area contributed by atoms with E-state index < -0.39 is 97.5 Å². The molecule has 0 heterocycles. The van der Waals surface area contributed by atoms with E-state index in [9.17, 15) is 43.2 Å². The lowest BCUT2D eigenvalue weighted by atomic mass is 10.0. The molecule has 2 unspecified atom stereocenters.